The Morgan fingerprint density at radius 2 is 1.45 bits per heavy atom. The van der Waals surface area contributed by atoms with E-state index in [-0.39, 0.29) is 0 Å². The van der Waals surface area contributed by atoms with Crippen LogP contribution in [0.5, 0.6) is 0 Å². The van der Waals surface area contributed by atoms with Crippen LogP contribution in [0.4, 0.5) is 0 Å². The largest absolute Gasteiger partial charge is 0.304 e. The normalized spacial score (nSPS) is 11.2. The first-order valence-corrected chi connectivity index (χ1v) is 3.70. The first-order chi connectivity index (χ1) is 4.95. The van der Waals surface area contributed by atoms with Crippen molar-refractivity contribution >= 4 is 11.4 Å². The van der Waals surface area contributed by atoms with Gasteiger partial charge in [0, 0.05) is 11.4 Å². The molecule has 0 aliphatic carbocycles. The van der Waals surface area contributed by atoms with E-state index in [9.17, 15) is 0 Å². The van der Waals surface area contributed by atoms with E-state index in [0.29, 0.717) is 5.71 Å². The first kappa shape index (κ1) is 10.1. The van der Waals surface area contributed by atoms with Crippen molar-refractivity contribution in [2.75, 3.05) is 0 Å². The second-order valence-corrected chi connectivity index (χ2v) is 2.91. The number of allylic oxidation sites excluding steroid dienone is 2. The van der Waals surface area contributed by atoms with E-state index in [1.807, 2.05) is 27.7 Å². The Hall–Kier alpha value is -0.920. The smallest absolute Gasteiger partial charge is 0.0580 e. The van der Waals surface area contributed by atoms with Gasteiger partial charge < -0.3 is 5.41 Å². The summed E-state index contributed by atoms with van der Waals surface area (Å²) in [7, 11) is 0. The van der Waals surface area contributed by atoms with Gasteiger partial charge >= 0.3 is 0 Å². The van der Waals surface area contributed by atoms with Crippen LogP contribution in [0.25, 0.3) is 0 Å². The zero-order valence-electron chi connectivity index (χ0n) is 7.95. The molecule has 11 heavy (non-hydrogen) atoms. The van der Waals surface area contributed by atoms with Crippen LogP contribution in [-0.4, -0.2) is 11.4 Å². The van der Waals surface area contributed by atoms with Crippen molar-refractivity contribution in [1.82, 2.24) is 0 Å². The average molecular weight is 152 g/mol. The lowest BCUT2D eigenvalue weighted by molar-refractivity contribution is 1.19. The summed E-state index contributed by atoms with van der Waals surface area (Å²) in [5.41, 5.74) is 3.54. The number of nitrogens with one attached hydrogen (secondary N) is 1. The highest BCUT2D eigenvalue weighted by Crippen LogP contribution is 2.03. The summed E-state index contributed by atoms with van der Waals surface area (Å²) in [6, 6.07) is 0. The quantitative estimate of drug-likeness (QED) is 0.591. The summed E-state index contributed by atoms with van der Waals surface area (Å²) in [5.74, 6) is 0. The fourth-order valence-corrected chi connectivity index (χ4v) is 0.447. The lowest BCUT2D eigenvalue weighted by atomic mass is 10.2. The molecule has 1 N–H and O–H groups in total. The molecule has 0 unspecified atom stereocenters. The van der Waals surface area contributed by atoms with Crippen LogP contribution in [0.15, 0.2) is 16.3 Å². The van der Waals surface area contributed by atoms with Crippen molar-refractivity contribution in [1.29, 1.82) is 5.41 Å². The molecule has 0 aliphatic heterocycles. The van der Waals surface area contributed by atoms with Crippen LogP contribution in [0.1, 0.15) is 34.6 Å². The molecule has 0 aromatic heterocycles. The van der Waals surface area contributed by atoms with Gasteiger partial charge in [-0.15, -0.1) is 0 Å². The van der Waals surface area contributed by atoms with E-state index in [1.165, 1.54) is 5.57 Å². The van der Waals surface area contributed by atoms with Gasteiger partial charge in [-0.3, -0.25) is 4.99 Å². The molecule has 0 amide bonds. The van der Waals surface area contributed by atoms with E-state index in [0.717, 1.165) is 11.4 Å². The molecule has 2 heteroatoms. The van der Waals surface area contributed by atoms with Crippen molar-refractivity contribution in [2.24, 2.45) is 4.99 Å². The lowest BCUT2D eigenvalue weighted by Crippen LogP contribution is -2.03. The summed E-state index contributed by atoms with van der Waals surface area (Å²) >= 11 is 0. The van der Waals surface area contributed by atoms with Crippen molar-refractivity contribution < 1.29 is 0 Å². The van der Waals surface area contributed by atoms with Crippen LogP contribution in [-0.2, 0) is 0 Å². The van der Waals surface area contributed by atoms with Gasteiger partial charge in [0.05, 0.1) is 5.71 Å². The van der Waals surface area contributed by atoms with Gasteiger partial charge in [-0.2, -0.15) is 0 Å². The molecule has 2 nitrogen and oxygen atoms in total. The minimum absolute atomic E-state index is 0.533. The Labute approximate surface area is 68.5 Å². The van der Waals surface area contributed by atoms with Crippen molar-refractivity contribution in [2.45, 2.75) is 34.6 Å². The second kappa shape index (κ2) is 4.06. The monoisotopic (exact) mass is 152 g/mol. The van der Waals surface area contributed by atoms with E-state index >= 15 is 0 Å². The molecule has 0 aliphatic rings. The molecule has 0 radical (unpaired) electrons. The summed E-state index contributed by atoms with van der Waals surface area (Å²) in [5, 5.41) is 7.28. The first-order valence-electron chi connectivity index (χ1n) is 3.70. The number of aliphatic imine (C=N–C) groups is 1. The van der Waals surface area contributed by atoms with E-state index in [2.05, 4.69) is 4.99 Å². The summed E-state index contributed by atoms with van der Waals surface area (Å²) in [6.45, 7) is 9.60. The minimum Gasteiger partial charge on any atom is -0.304 e. The molecule has 62 valence electrons. The fourth-order valence-electron chi connectivity index (χ4n) is 0.447. The molecule has 0 heterocycles. The SMILES string of the molecule is CC(=N)/C(C)=N\C(C)=C(C)C. The fraction of sp³-hybridized carbons (Fsp3) is 0.556. The second-order valence-electron chi connectivity index (χ2n) is 2.91. The number of rotatable bonds is 2. The van der Waals surface area contributed by atoms with Crippen molar-refractivity contribution in [3.05, 3.63) is 11.3 Å². The molecule has 0 atom stereocenters. The van der Waals surface area contributed by atoms with Gasteiger partial charge in [0.1, 0.15) is 0 Å². The van der Waals surface area contributed by atoms with Gasteiger partial charge in [-0.25, -0.2) is 0 Å². The Kier molecular flexibility index (Phi) is 3.72. The molecule has 0 aromatic carbocycles. The zero-order valence-corrected chi connectivity index (χ0v) is 7.95. The Morgan fingerprint density at radius 1 is 1.00 bits per heavy atom. The maximum atomic E-state index is 7.28. The van der Waals surface area contributed by atoms with Gasteiger partial charge in [0.25, 0.3) is 0 Å². The standard InChI is InChI=1S/C9H16N2/c1-6(2)8(4)11-9(5)7(3)10/h10H,1-5H3/b10-7?,11-9-. The molecule has 0 saturated carbocycles. The van der Waals surface area contributed by atoms with Gasteiger partial charge in [-0.05, 0) is 34.6 Å². The van der Waals surface area contributed by atoms with Gasteiger partial charge in [0.15, 0.2) is 0 Å². The third-order valence-electron chi connectivity index (χ3n) is 1.60. The van der Waals surface area contributed by atoms with Crippen LogP contribution in [0, 0.1) is 5.41 Å². The van der Waals surface area contributed by atoms with E-state index in [1.54, 1.807) is 6.92 Å². The van der Waals surface area contributed by atoms with Crippen LogP contribution >= 0.6 is 0 Å². The van der Waals surface area contributed by atoms with E-state index < -0.39 is 0 Å². The van der Waals surface area contributed by atoms with Crippen LogP contribution < -0.4 is 0 Å². The van der Waals surface area contributed by atoms with Crippen molar-refractivity contribution in [3.63, 3.8) is 0 Å². The van der Waals surface area contributed by atoms with E-state index in [4.69, 9.17) is 5.41 Å². The highest BCUT2D eigenvalue weighted by atomic mass is 14.8. The lowest BCUT2D eigenvalue weighted by Gasteiger charge is -1.99. The Bertz CT molecular complexity index is 218. The highest BCUT2D eigenvalue weighted by Gasteiger charge is 1.94. The van der Waals surface area contributed by atoms with Crippen LogP contribution in [0.3, 0.4) is 0 Å². The van der Waals surface area contributed by atoms with Gasteiger partial charge in [0.2, 0.25) is 0 Å². The maximum absolute atomic E-state index is 7.28. The molecule has 0 bridgehead atoms. The summed E-state index contributed by atoms with van der Waals surface area (Å²) in [6.07, 6.45) is 0. The average Bonchev–Trinajstić information content (AvgIpc) is 1.87. The topological polar surface area (TPSA) is 36.2 Å². The molecular formula is C9H16N2. The predicted molar refractivity (Wildman–Crippen MR) is 50.6 cm³/mol. The molecule has 0 spiro atoms. The molecule has 0 saturated heterocycles. The molecular weight excluding hydrogens is 136 g/mol. The molecule has 0 aromatic rings. The summed E-state index contributed by atoms with van der Waals surface area (Å²) < 4.78 is 0. The maximum Gasteiger partial charge on any atom is 0.0580 e. The van der Waals surface area contributed by atoms with Gasteiger partial charge in [-0.1, -0.05) is 5.57 Å². The minimum atomic E-state index is 0.533. The molecule has 0 fully saturated rings. The summed E-state index contributed by atoms with van der Waals surface area (Å²) in [4.78, 5) is 4.25. The Balaban J connectivity index is 4.58. The Morgan fingerprint density at radius 3 is 1.73 bits per heavy atom. The zero-order chi connectivity index (χ0) is 9.02. The third-order valence-corrected chi connectivity index (χ3v) is 1.60. The highest BCUT2D eigenvalue weighted by molar-refractivity contribution is 6.39. The molecule has 0 rings (SSSR count). The predicted octanol–water partition coefficient (Wildman–Crippen LogP) is 2.80. The number of nitrogens with zero attached hydrogens (tertiary/aromatic N) is 1. The third kappa shape index (κ3) is 3.71. The number of hydrogen-bond donors (Lipinski definition) is 1. The van der Waals surface area contributed by atoms with Crippen LogP contribution in [0.2, 0.25) is 0 Å². The van der Waals surface area contributed by atoms with Crippen molar-refractivity contribution in [3.8, 4) is 0 Å². The number of hydrogen-bond acceptors (Lipinski definition) is 2.